The number of benzene rings is 1. The van der Waals surface area contributed by atoms with E-state index < -0.39 is 0 Å². The SMILES string of the molecule is N#Cc1cc(Cl)ccc1N1CCCC(OCCO)C1. The third-order valence-electron chi connectivity index (χ3n) is 3.24. The lowest BCUT2D eigenvalue weighted by atomic mass is 10.1. The van der Waals surface area contributed by atoms with Crippen molar-refractivity contribution >= 4 is 17.3 Å². The van der Waals surface area contributed by atoms with Gasteiger partial charge in [-0.05, 0) is 31.0 Å². The number of anilines is 1. The molecular weight excluding hydrogens is 264 g/mol. The number of nitrogens with zero attached hydrogens (tertiary/aromatic N) is 2. The van der Waals surface area contributed by atoms with Crippen molar-refractivity contribution in [3.8, 4) is 6.07 Å². The molecule has 1 atom stereocenters. The van der Waals surface area contributed by atoms with Crippen molar-refractivity contribution in [3.63, 3.8) is 0 Å². The maximum atomic E-state index is 9.18. The van der Waals surface area contributed by atoms with Crippen LogP contribution in [-0.2, 0) is 4.74 Å². The largest absolute Gasteiger partial charge is 0.394 e. The number of aliphatic hydroxyl groups is 1. The molecule has 0 aliphatic carbocycles. The molecule has 102 valence electrons. The first kappa shape index (κ1) is 14.1. The third kappa shape index (κ3) is 3.60. The van der Waals surface area contributed by atoms with Crippen LogP contribution in [0.5, 0.6) is 0 Å². The highest BCUT2D eigenvalue weighted by Gasteiger charge is 2.22. The molecule has 0 aromatic heterocycles. The second kappa shape index (κ2) is 6.76. The number of aliphatic hydroxyl groups excluding tert-OH is 1. The van der Waals surface area contributed by atoms with Gasteiger partial charge in [0.05, 0.1) is 30.6 Å². The van der Waals surface area contributed by atoms with Crippen LogP contribution in [-0.4, -0.2) is 37.5 Å². The van der Waals surface area contributed by atoms with Gasteiger partial charge in [0.2, 0.25) is 0 Å². The van der Waals surface area contributed by atoms with Gasteiger partial charge >= 0.3 is 0 Å². The minimum atomic E-state index is 0.0426. The lowest BCUT2D eigenvalue weighted by molar-refractivity contribution is 0.0214. The molecule has 1 aromatic rings. The van der Waals surface area contributed by atoms with E-state index in [1.165, 1.54) is 0 Å². The second-order valence-electron chi connectivity index (χ2n) is 4.58. The van der Waals surface area contributed by atoms with Crippen LogP contribution in [0.2, 0.25) is 5.02 Å². The second-order valence-corrected chi connectivity index (χ2v) is 5.01. The van der Waals surface area contributed by atoms with E-state index in [1.807, 2.05) is 6.07 Å². The van der Waals surface area contributed by atoms with Crippen molar-refractivity contribution in [2.45, 2.75) is 18.9 Å². The van der Waals surface area contributed by atoms with Gasteiger partial charge in [0.15, 0.2) is 0 Å². The van der Waals surface area contributed by atoms with E-state index >= 15 is 0 Å². The number of nitriles is 1. The molecule has 0 radical (unpaired) electrons. The zero-order chi connectivity index (χ0) is 13.7. The summed E-state index contributed by atoms with van der Waals surface area (Å²) in [6.07, 6.45) is 2.12. The van der Waals surface area contributed by atoms with E-state index in [1.54, 1.807) is 12.1 Å². The maximum Gasteiger partial charge on any atom is 0.101 e. The predicted molar refractivity (Wildman–Crippen MR) is 74.4 cm³/mol. The van der Waals surface area contributed by atoms with Crippen molar-refractivity contribution in [1.29, 1.82) is 5.26 Å². The first-order valence-electron chi connectivity index (χ1n) is 6.41. The number of ether oxygens (including phenoxy) is 1. The van der Waals surface area contributed by atoms with Gasteiger partial charge in [0.25, 0.3) is 0 Å². The van der Waals surface area contributed by atoms with Crippen LogP contribution < -0.4 is 4.90 Å². The first-order valence-corrected chi connectivity index (χ1v) is 6.79. The summed E-state index contributed by atoms with van der Waals surface area (Å²) in [6, 6.07) is 7.56. The summed E-state index contributed by atoms with van der Waals surface area (Å²) < 4.78 is 5.58. The molecule has 1 aliphatic heterocycles. The topological polar surface area (TPSA) is 56.5 Å². The van der Waals surface area contributed by atoms with Crippen LogP contribution in [0.1, 0.15) is 18.4 Å². The zero-order valence-corrected chi connectivity index (χ0v) is 11.4. The fourth-order valence-electron chi connectivity index (χ4n) is 2.39. The average molecular weight is 281 g/mol. The smallest absolute Gasteiger partial charge is 0.101 e. The molecule has 0 saturated carbocycles. The van der Waals surface area contributed by atoms with Gasteiger partial charge in [-0.1, -0.05) is 11.6 Å². The molecule has 0 bridgehead atoms. The van der Waals surface area contributed by atoms with Gasteiger partial charge in [-0.2, -0.15) is 5.26 Å². The summed E-state index contributed by atoms with van der Waals surface area (Å²) in [5, 5.41) is 18.6. The summed E-state index contributed by atoms with van der Waals surface area (Å²) in [5.74, 6) is 0. The lowest BCUT2D eigenvalue weighted by Crippen LogP contribution is -2.40. The molecule has 1 fully saturated rings. The lowest BCUT2D eigenvalue weighted by Gasteiger charge is -2.34. The summed E-state index contributed by atoms with van der Waals surface area (Å²) >= 11 is 5.91. The van der Waals surface area contributed by atoms with E-state index in [-0.39, 0.29) is 12.7 Å². The molecule has 19 heavy (non-hydrogen) atoms. The Hall–Kier alpha value is -1.28. The fraction of sp³-hybridized carbons (Fsp3) is 0.500. The summed E-state index contributed by atoms with van der Waals surface area (Å²) in [7, 11) is 0. The van der Waals surface area contributed by atoms with Crippen molar-refractivity contribution in [2.24, 2.45) is 0 Å². The van der Waals surface area contributed by atoms with Gasteiger partial charge in [-0.25, -0.2) is 0 Å². The highest BCUT2D eigenvalue weighted by atomic mass is 35.5. The van der Waals surface area contributed by atoms with E-state index in [4.69, 9.17) is 21.4 Å². The number of halogens is 1. The van der Waals surface area contributed by atoms with E-state index in [0.29, 0.717) is 17.2 Å². The molecule has 5 heteroatoms. The predicted octanol–water partition coefficient (Wildman–Crippen LogP) is 2.19. The van der Waals surface area contributed by atoms with Crippen molar-refractivity contribution < 1.29 is 9.84 Å². The van der Waals surface area contributed by atoms with Crippen molar-refractivity contribution in [2.75, 3.05) is 31.2 Å². The highest BCUT2D eigenvalue weighted by molar-refractivity contribution is 6.30. The van der Waals surface area contributed by atoms with Gasteiger partial charge < -0.3 is 14.7 Å². The quantitative estimate of drug-likeness (QED) is 0.918. The number of piperidine rings is 1. The zero-order valence-electron chi connectivity index (χ0n) is 10.7. The molecule has 0 spiro atoms. The van der Waals surface area contributed by atoms with Gasteiger partial charge in [0.1, 0.15) is 6.07 Å². The van der Waals surface area contributed by atoms with Crippen LogP contribution in [0.3, 0.4) is 0 Å². The van der Waals surface area contributed by atoms with Gasteiger partial charge in [-0.15, -0.1) is 0 Å². The number of hydrogen-bond donors (Lipinski definition) is 1. The molecule has 4 nitrogen and oxygen atoms in total. The van der Waals surface area contributed by atoms with Gasteiger partial charge in [-0.3, -0.25) is 0 Å². The average Bonchev–Trinajstić information content (AvgIpc) is 2.45. The summed E-state index contributed by atoms with van der Waals surface area (Å²) in [4.78, 5) is 2.15. The van der Waals surface area contributed by atoms with E-state index in [0.717, 1.165) is 31.6 Å². The van der Waals surface area contributed by atoms with Crippen LogP contribution in [0.15, 0.2) is 18.2 Å². The minimum Gasteiger partial charge on any atom is -0.394 e. The van der Waals surface area contributed by atoms with Crippen LogP contribution >= 0.6 is 11.6 Å². The van der Waals surface area contributed by atoms with Crippen LogP contribution in [0, 0.1) is 11.3 Å². The Kier molecular flexibility index (Phi) is 5.03. The molecule has 1 N–H and O–H groups in total. The fourth-order valence-corrected chi connectivity index (χ4v) is 2.56. The molecular formula is C14H17ClN2O2. The first-order chi connectivity index (χ1) is 9.24. The Morgan fingerprint density at radius 3 is 3.11 bits per heavy atom. The highest BCUT2D eigenvalue weighted by Crippen LogP contribution is 2.27. The Labute approximate surface area is 118 Å². The Morgan fingerprint density at radius 1 is 1.53 bits per heavy atom. The molecule has 1 saturated heterocycles. The Morgan fingerprint density at radius 2 is 2.37 bits per heavy atom. The molecule has 0 amide bonds. The van der Waals surface area contributed by atoms with Crippen LogP contribution in [0.4, 0.5) is 5.69 Å². The summed E-state index contributed by atoms with van der Waals surface area (Å²) in [5.41, 5.74) is 1.50. The van der Waals surface area contributed by atoms with E-state index in [2.05, 4.69) is 11.0 Å². The Bertz CT molecular complexity index is 473. The van der Waals surface area contributed by atoms with Crippen LogP contribution in [0.25, 0.3) is 0 Å². The molecule has 2 rings (SSSR count). The Balaban J connectivity index is 2.11. The molecule has 1 heterocycles. The van der Waals surface area contributed by atoms with E-state index in [9.17, 15) is 5.26 Å². The monoisotopic (exact) mass is 280 g/mol. The normalized spacial score (nSPS) is 19.2. The molecule has 1 unspecified atom stereocenters. The minimum absolute atomic E-state index is 0.0426. The molecule has 1 aromatic carbocycles. The maximum absolute atomic E-state index is 9.18. The van der Waals surface area contributed by atoms with Crippen molar-refractivity contribution in [3.05, 3.63) is 28.8 Å². The third-order valence-corrected chi connectivity index (χ3v) is 3.48. The van der Waals surface area contributed by atoms with Crippen molar-refractivity contribution in [1.82, 2.24) is 0 Å². The molecule has 1 aliphatic rings. The standard InChI is InChI=1S/C14H17ClN2O2/c15-12-3-4-14(11(8-12)9-16)17-5-1-2-13(10-17)19-7-6-18/h3-4,8,13,18H,1-2,5-7,10H2. The van der Waals surface area contributed by atoms with Gasteiger partial charge in [0, 0.05) is 18.1 Å². The number of rotatable bonds is 4. The summed E-state index contributed by atoms with van der Waals surface area (Å²) in [6.45, 7) is 2.07. The number of hydrogen-bond acceptors (Lipinski definition) is 4.